The minimum absolute atomic E-state index is 0.109. The predicted octanol–water partition coefficient (Wildman–Crippen LogP) is 2.92. The summed E-state index contributed by atoms with van der Waals surface area (Å²) in [6, 6.07) is 7.83. The smallest absolute Gasteiger partial charge is 0.353 e. The first-order valence-corrected chi connectivity index (χ1v) is 8.22. The lowest BCUT2D eigenvalue weighted by Crippen LogP contribution is -2.27. The van der Waals surface area contributed by atoms with Crippen LogP contribution in [0.3, 0.4) is 0 Å². The zero-order valence-corrected chi connectivity index (χ0v) is 14.3. The first-order chi connectivity index (χ1) is 12.1. The standard InChI is InChI=1S/C17H21N5O3/c1-12(10-25-2)20-16-15(22(23)24)17(19-11-18-16)21-9-5-7-13-6-3-4-8-14(13)21/h3-4,6,8,11-12H,5,7,9-10H2,1-2H3,(H,18,19,20). The van der Waals surface area contributed by atoms with Crippen LogP contribution >= 0.6 is 0 Å². The van der Waals surface area contributed by atoms with E-state index in [0.717, 1.165) is 18.5 Å². The van der Waals surface area contributed by atoms with Crippen LogP contribution in [0.4, 0.5) is 23.0 Å². The number of ether oxygens (including phenoxy) is 1. The summed E-state index contributed by atoms with van der Waals surface area (Å²) in [5.74, 6) is 0.530. The van der Waals surface area contributed by atoms with E-state index in [1.54, 1.807) is 7.11 Å². The third-order valence-electron chi connectivity index (χ3n) is 4.15. The second-order valence-electron chi connectivity index (χ2n) is 6.04. The number of nitro groups is 1. The average molecular weight is 343 g/mol. The van der Waals surface area contributed by atoms with Crippen molar-refractivity contribution in [2.24, 2.45) is 0 Å². The van der Waals surface area contributed by atoms with Crippen molar-refractivity contribution in [2.75, 3.05) is 30.5 Å². The molecular formula is C17H21N5O3. The van der Waals surface area contributed by atoms with E-state index in [1.165, 1.54) is 11.9 Å². The molecule has 0 saturated heterocycles. The van der Waals surface area contributed by atoms with Gasteiger partial charge in [-0.1, -0.05) is 18.2 Å². The topological polar surface area (TPSA) is 93.4 Å². The molecule has 1 N–H and O–H groups in total. The van der Waals surface area contributed by atoms with Gasteiger partial charge in [-0.05, 0) is 31.4 Å². The molecule has 0 fully saturated rings. The number of aryl methyl sites for hydroxylation is 1. The van der Waals surface area contributed by atoms with Crippen LogP contribution in [0.25, 0.3) is 0 Å². The molecule has 0 bridgehead atoms. The minimum Gasteiger partial charge on any atom is -0.383 e. The molecule has 1 aromatic heterocycles. The van der Waals surface area contributed by atoms with E-state index in [-0.39, 0.29) is 17.5 Å². The molecule has 0 radical (unpaired) electrons. The van der Waals surface area contributed by atoms with Crippen molar-refractivity contribution in [2.45, 2.75) is 25.8 Å². The van der Waals surface area contributed by atoms with Gasteiger partial charge >= 0.3 is 5.69 Å². The molecule has 0 amide bonds. The van der Waals surface area contributed by atoms with Gasteiger partial charge in [-0.3, -0.25) is 10.1 Å². The molecule has 1 aliphatic heterocycles. The summed E-state index contributed by atoms with van der Waals surface area (Å²) in [6.45, 7) is 2.98. The fourth-order valence-corrected chi connectivity index (χ4v) is 3.12. The highest BCUT2D eigenvalue weighted by Crippen LogP contribution is 2.39. The fraction of sp³-hybridized carbons (Fsp3) is 0.412. The van der Waals surface area contributed by atoms with Crippen LogP contribution in [-0.2, 0) is 11.2 Å². The van der Waals surface area contributed by atoms with Crippen LogP contribution in [0, 0.1) is 10.1 Å². The van der Waals surface area contributed by atoms with E-state index in [4.69, 9.17) is 4.74 Å². The third-order valence-corrected chi connectivity index (χ3v) is 4.15. The van der Waals surface area contributed by atoms with Crippen LogP contribution in [0.2, 0.25) is 0 Å². The molecular weight excluding hydrogens is 322 g/mol. The summed E-state index contributed by atoms with van der Waals surface area (Å²) >= 11 is 0. The van der Waals surface area contributed by atoms with E-state index >= 15 is 0 Å². The SMILES string of the molecule is COCC(C)Nc1ncnc(N2CCCc3ccccc32)c1[N+](=O)[O-]. The number of rotatable bonds is 6. The van der Waals surface area contributed by atoms with Crippen LogP contribution in [-0.4, -0.2) is 41.2 Å². The number of fused-ring (bicyclic) bond motifs is 1. The lowest BCUT2D eigenvalue weighted by Gasteiger charge is -2.30. The number of hydrogen-bond donors (Lipinski definition) is 1. The first kappa shape index (κ1) is 17.1. The van der Waals surface area contributed by atoms with Crippen LogP contribution in [0.1, 0.15) is 18.9 Å². The van der Waals surface area contributed by atoms with Gasteiger partial charge in [0.1, 0.15) is 6.33 Å². The minimum atomic E-state index is -0.422. The maximum atomic E-state index is 11.8. The molecule has 1 unspecified atom stereocenters. The van der Waals surface area contributed by atoms with Crippen molar-refractivity contribution < 1.29 is 9.66 Å². The first-order valence-electron chi connectivity index (χ1n) is 8.22. The number of aromatic nitrogens is 2. The van der Waals surface area contributed by atoms with E-state index in [1.807, 2.05) is 36.1 Å². The Morgan fingerprint density at radius 2 is 2.20 bits per heavy atom. The van der Waals surface area contributed by atoms with Crippen molar-refractivity contribution in [3.8, 4) is 0 Å². The summed E-state index contributed by atoms with van der Waals surface area (Å²) in [7, 11) is 1.59. The summed E-state index contributed by atoms with van der Waals surface area (Å²) in [6.07, 6.45) is 3.24. The molecule has 1 atom stereocenters. The summed E-state index contributed by atoms with van der Waals surface area (Å²) in [5.41, 5.74) is 2.03. The molecule has 0 spiro atoms. The molecule has 25 heavy (non-hydrogen) atoms. The second-order valence-corrected chi connectivity index (χ2v) is 6.04. The molecule has 8 nitrogen and oxygen atoms in total. The molecule has 2 heterocycles. The van der Waals surface area contributed by atoms with Gasteiger partial charge in [0.2, 0.25) is 11.6 Å². The lowest BCUT2D eigenvalue weighted by atomic mass is 10.0. The monoisotopic (exact) mass is 343 g/mol. The molecule has 2 aromatic rings. The van der Waals surface area contributed by atoms with E-state index in [0.29, 0.717) is 19.0 Å². The molecule has 132 valence electrons. The molecule has 1 aliphatic rings. The largest absolute Gasteiger partial charge is 0.383 e. The van der Waals surface area contributed by atoms with Crippen molar-refractivity contribution in [1.29, 1.82) is 0 Å². The van der Waals surface area contributed by atoms with Gasteiger partial charge in [0, 0.05) is 25.4 Å². The number of benzene rings is 1. The van der Waals surface area contributed by atoms with Crippen molar-refractivity contribution in [3.05, 3.63) is 46.3 Å². The third kappa shape index (κ3) is 3.53. The Bertz CT molecular complexity index is 768. The van der Waals surface area contributed by atoms with Gasteiger partial charge in [-0.2, -0.15) is 0 Å². The summed E-state index contributed by atoms with van der Waals surface area (Å²) in [5, 5.41) is 14.8. The van der Waals surface area contributed by atoms with Gasteiger partial charge < -0.3 is 15.0 Å². The number of hydrogen-bond acceptors (Lipinski definition) is 7. The number of nitrogens with one attached hydrogen (secondary N) is 1. The fourth-order valence-electron chi connectivity index (χ4n) is 3.12. The maximum absolute atomic E-state index is 11.8. The normalized spacial score (nSPS) is 14.7. The number of nitrogens with zero attached hydrogens (tertiary/aromatic N) is 4. The summed E-state index contributed by atoms with van der Waals surface area (Å²) in [4.78, 5) is 21.6. The predicted molar refractivity (Wildman–Crippen MR) is 95.4 cm³/mol. The van der Waals surface area contributed by atoms with Gasteiger partial charge in [-0.15, -0.1) is 0 Å². The molecule has 8 heteroatoms. The van der Waals surface area contributed by atoms with Crippen LogP contribution in [0.5, 0.6) is 0 Å². The second kappa shape index (κ2) is 7.43. The number of para-hydroxylation sites is 1. The molecule has 0 saturated carbocycles. The highest BCUT2D eigenvalue weighted by atomic mass is 16.6. The Balaban J connectivity index is 2.04. The Morgan fingerprint density at radius 1 is 1.40 bits per heavy atom. The van der Waals surface area contributed by atoms with Crippen molar-refractivity contribution >= 4 is 23.0 Å². The van der Waals surface area contributed by atoms with Crippen molar-refractivity contribution in [3.63, 3.8) is 0 Å². The van der Waals surface area contributed by atoms with E-state index in [9.17, 15) is 10.1 Å². The highest BCUT2D eigenvalue weighted by molar-refractivity contribution is 5.77. The van der Waals surface area contributed by atoms with Crippen LogP contribution < -0.4 is 10.2 Å². The van der Waals surface area contributed by atoms with Gasteiger partial charge in [0.15, 0.2) is 0 Å². The van der Waals surface area contributed by atoms with Crippen molar-refractivity contribution in [1.82, 2.24) is 9.97 Å². The van der Waals surface area contributed by atoms with Gasteiger partial charge in [0.05, 0.1) is 11.5 Å². The number of methoxy groups -OCH3 is 1. The van der Waals surface area contributed by atoms with Gasteiger partial charge in [0.25, 0.3) is 0 Å². The Hall–Kier alpha value is -2.74. The Kier molecular flexibility index (Phi) is 5.08. The average Bonchev–Trinajstić information content (AvgIpc) is 2.61. The molecule has 3 rings (SSSR count). The lowest BCUT2D eigenvalue weighted by molar-refractivity contribution is -0.383. The maximum Gasteiger partial charge on any atom is 0.353 e. The molecule has 1 aromatic carbocycles. The zero-order valence-electron chi connectivity index (χ0n) is 14.3. The summed E-state index contributed by atoms with van der Waals surface area (Å²) < 4.78 is 5.08. The van der Waals surface area contributed by atoms with Gasteiger partial charge in [-0.25, -0.2) is 9.97 Å². The van der Waals surface area contributed by atoms with E-state index < -0.39 is 4.92 Å². The molecule has 0 aliphatic carbocycles. The Labute approximate surface area is 146 Å². The quantitative estimate of drug-likeness (QED) is 0.636. The highest BCUT2D eigenvalue weighted by Gasteiger charge is 2.30. The van der Waals surface area contributed by atoms with Crippen LogP contribution in [0.15, 0.2) is 30.6 Å². The number of anilines is 3. The van der Waals surface area contributed by atoms with E-state index in [2.05, 4.69) is 15.3 Å². The Morgan fingerprint density at radius 3 is 2.96 bits per heavy atom. The zero-order chi connectivity index (χ0) is 17.8.